The van der Waals surface area contributed by atoms with E-state index >= 15 is 0 Å². The highest BCUT2D eigenvalue weighted by atomic mass is 19.0. The Balaban J connectivity index is 0.00000144. The summed E-state index contributed by atoms with van der Waals surface area (Å²) in [6.07, 6.45) is 8.16. The van der Waals surface area contributed by atoms with Crippen molar-refractivity contribution in [2.24, 2.45) is 0 Å². The molecule has 0 fully saturated rings. The van der Waals surface area contributed by atoms with Crippen molar-refractivity contribution in [1.29, 1.82) is 0 Å². The highest BCUT2D eigenvalue weighted by Gasteiger charge is 1.98. The Bertz CT molecular complexity index is 235. The summed E-state index contributed by atoms with van der Waals surface area (Å²) in [7, 11) is 0. The van der Waals surface area contributed by atoms with Crippen LogP contribution < -0.4 is 9.27 Å². The molecule has 0 N–H and O–H groups in total. The summed E-state index contributed by atoms with van der Waals surface area (Å²) in [5.41, 5.74) is 1.46. The molecule has 0 aliphatic heterocycles. The van der Waals surface area contributed by atoms with E-state index in [9.17, 15) is 0 Å². The molecule has 0 spiro atoms. The number of nitrogens with zero attached hydrogens (tertiary/aromatic N) is 1. The second-order valence-electron chi connectivity index (χ2n) is 3.15. The molecule has 0 amide bonds. The lowest BCUT2D eigenvalue weighted by molar-refractivity contribution is -0.694. The lowest BCUT2D eigenvalue weighted by Gasteiger charge is -1.97. The Labute approximate surface area is 79.8 Å². The smallest absolute Gasteiger partial charge is 0.171 e. The predicted octanol–water partition coefficient (Wildman–Crippen LogP) is -0.659. The van der Waals surface area contributed by atoms with E-state index < -0.39 is 0 Å². The summed E-state index contributed by atoms with van der Waals surface area (Å²) in [4.78, 5) is 0. The topological polar surface area (TPSA) is 3.88 Å². The fourth-order valence-electron chi connectivity index (χ4n) is 1.30. The standard InChI is InChI=1S/C11H18N.FH/c1-3-5-7-11-8-6-9-12(4-2)10-11;/h6,8-10H,3-5,7H2,1-2H3;1H/q+1;/p-1. The lowest BCUT2D eigenvalue weighted by Crippen LogP contribution is -3.00. The minimum atomic E-state index is 0. The van der Waals surface area contributed by atoms with Gasteiger partial charge in [-0.15, -0.1) is 0 Å². The largest absolute Gasteiger partial charge is 1.00 e. The van der Waals surface area contributed by atoms with Crippen molar-refractivity contribution in [2.45, 2.75) is 39.7 Å². The van der Waals surface area contributed by atoms with E-state index in [4.69, 9.17) is 0 Å². The van der Waals surface area contributed by atoms with E-state index in [1.54, 1.807) is 0 Å². The molecule has 13 heavy (non-hydrogen) atoms. The van der Waals surface area contributed by atoms with E-state index in [1.807, 2.05) is 0 Å². The number of halogens is 1. The molecule has 0 aromatic carbocycles. The first-order chi connectivity index (χ1) is 5.86. The van der Waals surface area contributed by atoms with Gasteiger partial charge in [-0.2, -0.15) is 0 Å². The van der Waals surface area contributed by atoms with E-state index in [0.717, 1.165) is 6.54 Å². The number of rotatable bonds is 4. The Morgan fingerprint density at radius 2 is 2.08 bits per heavy atom. The van der Waals surface area contributed by atoms with Crippen molar-refractivity contribution in [3.63, 3.8) is 0 Å². The quantitative estimate of drug-likeness (QED) is 0.546. The van der Waals surface area contributed by atoms with Crippen molar-refractivity contribution < 1.29 is 9.27 Å². The average Bonchev–Trinajstić information content (AvgIpc) is 2.15. The molecule has 74 valence electrons. The number of hydrogen-bond donors (Lipinski definition) is 0. The van der Waals surface area contributed by atoms with Crippen LogP contribution in [0.2, 0.25) is 0 Å². The van der Waals surface area contributed by atoms with Gasteiger partial charge in [-0.3, -0.25) is 0 Å². The molecule has 0 atom stereocenters. The monoisotopic (exact) mass is 183 g/mol. The van der Waals surface area contributed by atoms with Crippen LogP contribution in [0, 0.1) is 0 Å². The van der Waals surface area contributed by atoms with Crippen molar-refractivity contribution in [3.8, 4) is 0 Å². The van der Waals surface area contributed by atoms with Gasteiger partial charge in [-0.05, 0) is 25.8 Å². The molecule has 1 aromatic heterocycles. The van der Waals surface area contributed by atoms with Crippen LogP contribution in [0.4, 0.5) is 0 Å². The van der Waals surface area contributed by atoms with Crippen molar-refractivity contribution in [3.05, 3.63) is 30.1 Å². The molecule has 0 aliphatic rings. The summed E-state index contributed by atoms with van der Waals surface area (Å²) >= 11 is 0. The minimum Gasteiger partial charge on any atom is -1.00 e. The third kappa shape index (κ3) is 4.02. The van der Waals surface area contributed by atoms with E-state index in [2.05, 4.69) is 42.9 Å². The maximum absolute atomic E-state index is 2.25. The first-order valence-electron chi connectivity index (χ1n) is 4.84. The molecule has 1 heterocycles. The highest BCUT2D eigenvalue weighted by molar-refractivity contribution is 5.05. The lowest BCUT2D eigenvalue weighted by atomic mass is 10.1. The zero-order valence-corrected chi connectivity index (χ0v) is 8.46. The van der Waals surface area contributed by atoms with Gasteiger partial charge in [0.25, 0.3) is 0 Å². The molecule has 0 radical (unpaired) electrons. The van der Waals surface area contributed by atoms with Gasteiger partial charge in [0.2, 0.25) is 0 Å². The van der Waals surface area contributed by atoms with Crippen LogP contribution in [0.5, 0.6) is 0 Å². The van der Waals surface area contributed by atoms with Gasteiger partial charge in [-0.25, -0.2) is 4.57 Å². The van der Waals surface area contributed by atoms with Crippen LogP contribution in [0.1, 0.15) is 32.3 Å². The number of aryl methyl sites for hydroxylation is 2. The highest BCUT2D eigenvalue weighted by Crippen LogP contribution is 2.01. The second kappa shape index (κ2) is 6.58. The summed E-state index contributed by atoms with van der Waals surface area (Å²) in [6, 6.07) is 4.34. The summed E-state index contributed by atoms with van der Waals surface area (Å²) in [5.74, 6) is 0. The molecule has 1 nitrogen and oxygen atoms in total. The maximum Gasteiger partial charge on any atom is 0.171 e. The molecular formula is C11H18FN. The van der Waals surface area contributed by atoms with Crippen molar-refractivity contribution in [1.82, 2.24) is 0 Å². The molecule has 0 aliphatic carbocycles. The molecular weight excluding hydrogens is 165 g/mol. The van der Waals surface area contributed by atoms with Gasteiger partial charge in [0.1, 0.15) is 6.54 Å². The average molecular weight is 183 g/mol. The SMILES string of the molecule is CCCCc1ccc[n+](CC)c1.[F-]. The number of unbranched alkanes of at least 4 members (excludes halogenated alkanes) is 1. The van der Waals surface area contributed by atoms with E-state index in [-0.39, 0.29) is 4.70 Å². The molecule has 0 unspecified atom stereocenters. The zero-order chi connectivity index (χ0) is 8.81. The van der Waals surface area contributed by atoms with E-state index in [0.29, 0.717) is 0 Å². The molecule has 0 saturated carbocycles. The Hall–Kier alpha value is -0.920. The number of hydrogen-bond acceptors (Lipinski definition) is 0. The zero-order valence-electron chi connectivity index (χ0n) is 8.46. The Morgan fingerprint density at radius 3 is 2.69 bits per heavy atom. The molecule has 2 heteroatoms. The van der Waals surface area contributed by atoms with Gasteiger partial charge in [0.05, 0.1) is 0 Å². The third-order valence-corrected chi connectivity index (χ3v) is 2.10. The molecule has 1 aromatic rings. The summed E-state index contributed by atoms with van der Waals surface area (Å²) in [6.45, 7) is 5.47. The fraction of sp³-hybridized carbons (Fsp3) is 0.545. The Morgan fingerprint density at radius 1 is 1.31 bits per heavy atom. The van der Waals surface area contributed by atoms with Gasteiger partial charge in [-0.1, -0.05) is 13.3 Å². The van der Waals surface area contributed by atoms with Gasteiger partial charge in [0.15, 0.2) is 12.4 Å². The van der Waals surface area contributed by atoms with E-state index in [1.165, 1.54) is 24.8 Å². The van der Waals surface area contributed by atoms with Crippen LogP contribution in [0.15, 0.2) is 24.5 Å². The van der Waals surface area contributed by atoms with Crippen LogP contribution in [0.3, 0.4) is 0 Å². The first kappa shape index (κ1) is 12.1. The Kier molecular flexibility index (Phi) is 6.11. The summed E-state index contributed by atoms with van der Waals surface area (Å²) in [5, 5.41) is 0. The molecule has 0 bridgehead atoms. The maximum atomic E-state index is 2.25. The normalized spacial score (nSPS) is 9.38. The van der Waals surface area contributed by atoms with Gasteiger partial charge < -0.3 is 4.70 Å². The first-order valence-corrected chi connectivity index (χ1v) is 4.84. The predicted molar refractivity (Wildman–Crippen MR) is 50.9 cm³/mol. The molecule has 1 rings (SSSR count). The van der Waals surface area contributed by atoms with Crippen LogP contribution in [0.25, 0.3) is 0 Å². The van der Waals surface area contributed by atoms with Gasteiger partial charge in [0, 0.05) is 11.6 Å². The van der Waals surface area contributed by atoms with Crippen molar-refractivity contribution in [2.75, 3.05) is 0 Å². The van der Waals surface area contributed by atoms with Crippen LogP contribution in [-0.2, 0) is 13.0 Å². The van der Waals surface area contributed by atoms with Crippen LogP contribution in [-0.4, -0.2) is 0 Å². The minimum absolute atomic E-state index is 0. The molecule has 0 saturated heterocycles. The fourth-order valence-corrected chi connectivity index (χ4v) is 1.30. The second-order valence-corrected chi connectivity index (χ2v) is 3.15. The summed E-state index contributed by atoms with van der Waals surface area (Å²) < 4.78 is 2.23. The van der Waals surface area contributed by atoms with Crippen molar-refractivity contribution >= 4 is 0 Å². The number of pyridine rings is 1. The van der Waals surface area contributed by atoms with Crippen LogP contribution >= 0.6 is 0 Å². The van der Waals surface area contributed by atoms with Gasteiger partial charge >= 0.3 is 0 Å². The third-order valence-electron chi connectivity index (χ3n) is 2.10. The number of aromatic nitrogens is 1.